The third kappa shape index (κ3) is 5.61. The summed E-state index contributed by atoms with van der Waals surface area (Å²) < 4.78 is 37.9. The van der Waals surface area contributed by atoms with Crippen LogP contribution in [0.4, 0.5) is 10.1 Å². The first-order chi connectivity index (χ1) is 20.2. The van der Waals surface area contributed by atoms with Crippen LogP contribution in [0, 0.1) is 5.82 Å². The third-order valence-corrected chi connectivity index (χ3v) is 7.83. The van der Waals surface area contributed by atoms with Crippen molar-refractivity contribution in [2.75, 3.05) is 17.3 Å². The Morgan fingerprint density at radius 3 is 2.60 bits per heavy atom. The van der Waals surface area contributed by atoms with Crippen molar-refractivity contribution >= 4 is 43.4 Å². The molecule has 3 N–H and O–H groups in total. The van der Waals surface area contributed by atoms with E-state index in [4.69, 9.17) is 4.98 Å². The summed E-state index contributed by atoms with van der Waals surface area (Å²) in [7, 11) is -3.20. The molecule has 0 fully saturated rings. The summed E-state index contributed by atoms with van der Waals surface area (Å²) in [5, 5.41) is 11.2. The fourth-order valence-corrected chi connectivity index (χ4v) is 5.41. The highest BCUT2D eigenvalue weighted by molar-refractivity contribution is 7.90. The Hall–Kier alpha value is -4.97. The predicted molar refractivity (Wildman–Crippen MR) is 160 cm³/mol. The number of nitrogens with one attached hydrogen (secondary N) is 3. The van der Waals surface area contributed by atoms with Crippen LogP contribution in [0.15, 0.2) is 67.3 Å². The SMILES string of the molecule is CCC(=O)Nc1cncc(-c2ccc3[nH]nc(-c4nc5c(-c6cc(F)cc(CCS(C)(=O)=O)c6)cncc5[nH]4)c3c2)c1. The number of fused-ring (bicyclic) bond motifs is 2. The zero-order chi connectivity index (χ0) is 29.4. The maximum atomic E-state index is 14.6. The Morgan fingerprint density at radius 2 is 1.79 bits per heavy atom. The molecule has 0 bridgehead atoms. The topological polar surface area (TPSA) is 146 Å². The third-order valence-electron chi connectivity index (χ3n) is 6.89. The molecule has 0 saturated heterocycles. The van der Waals surface area contributed by atoms with Crippen LogP contribution in [-0.2, 0) is 21.1 Å². The van der Waals surface area contributed by atoms with Crippen LogP contribution in [0.2, 0.25) is 0 Å². The van der Waals surface area contributed by atoms with Gasteiger partial charge in [-0.2, -0.15) is 5.10 Å². The first-order valence-electron chi connectivity index (χ1n) is 13.2. The molecule has 2 aromatic carbocycles. The number of pyridine rings is 2. The summed E-state index contributed by atoms with van der Waals surface area (Å²) >= 11 is 0. The maximum absolute atomic E-state index is 14.6. The van der Waals surface area contributed by atoms with Crippen molar-refractivity contribution in [3.63, 3.8) is 0 Å². The highest BCUT2D eigenvalue weighted by Gasteiger charge is 2.17. The van der Waals surface area contributed by atoms with Crippen LogP contribution in [0.5, 0.6) is 0 Å². The molecule has 6 rings (SSSR count). The molecule has 10 nitrogen and oxygen atoms in total. The van der Waals surface area contributed by atoms with Crippen LogP contribution >= 0.6 is 0 Å². The number of nitrogens with zero attached hydrogens (tertiary/aromatic N) is 4. The first-order valence-corrected chi connectivity index (χ1v) is 15.3. The van der Waals surface area contributed by atoms with Crippen LogP contribution in [0.1, 0.15) is 18.9 Å². The predicted octanol–water partition coefficient (Wildman–Crippen LogP) is 5.30. The van der Waals surface area contributed by atoms with E-state index in [0.717, 1.165) is 28.3 Å². The molecule has 12 heteroatoms. The van der Waals surface area contributed by atoms with Gasteiger partial charge in [0.05, 0.1) is 40.4 Å². The summed E-state index contributed by atoms with van der Waals surface area (Å²) in [6.45, 7) is 1.79. The molecule has 4 aromatic heterocycles. The molecule has 1 amide bonds. The molecule has 0 aliphatic heterocycles. The number of rotatable bonds is 8. The number of carbonyl (C=O) groups is 1. The van der Waals surface area contributed by atoms with E-state index < -0.39 is 15.7 Å². The smallest absolute Gasteiger partial charge is 0.224 e. The lowest BCUT2D eigenvalue weighted by molar-refractivity contribution is -0.115. The first kappa shape index (κ1) is 27.2. The fraction of sp³-hybridized carbons (Fsp3) is 0.167. The van der Waals surface area contributed by atoms with Gasteiger partial charge in [0.2, 0.25) is 5.91 Å². The average Bonchev–Trinajstić information content (AvgIpc) is 3.59. The molecule has 0 saturated carbocycles. The van der Waals surface area contributed by atoms with Crippen molar-refractivity contribution in [2.24, 2.45) is 0 Å². The monoisotopic (exact) mass is 583 g/mol. The molecule has 212 valence electrons. The fourth-order valence-electron chi connectivity index (χ4n) is 4.80. The molecule has 4 heterocycles. The van der Waals surface area contributed by atoms with Crippen LogP contribution in [0.3, 0.4) is 0 Å². The van der Waals surface area contributed by atoms with Crippen LogP contribution in [0.25, 0.3) is 55.7 Å². The van der Waals surface area contributed by atoms with E-state index in [2.05, 4.69) is 30.5 Å². The zero-order valence-corrected chi connectivity index (χ0v) is 23.6. The lowest BCUT2D eigenvalue weighted by Crippen LogP contribution is -2.09. The summed E-state index contributed by atoms with van der Waals surface area (Å²) in [4.78, 5) is 28.6. The van der Waals surface area contributed by atoms with Crippen molar-refractivity contribution < 1.29 is 17.6 Å². The summed E-state index contributed by atoms with van der Waals surface area (Å²) in [6, 6.07) is 12.2. The number of hydrogen-bond acceptors (Lipinski definition) is 7. The van der Waals surface area contributed by atoms with E-state index >= 15 is 0 Å². The van der Waals surface area contributed by atoms with Gasteiger partial charge in [0.25, 0.3) is 0 Å². The van der Waals surface area contributed by atoms with Crippen molar-refractivity contribution in [2.45, 2.75) is 19.8 Å². The second kappa shape index (κ2) is 10.8. The second-order valence-electron chi connectivity index (χ2n) is 10.1. The molecule has 6 aromatic rings. The van der Waals surface area contributed by atoms with Crippen LogP contribution < -0.4 is 5.32 Å². The van der Waals surface area contributed by atoms with Gasteiger partial charge in [-0.15, -0.1) is 0 Å². The molecule has 0 aliphatic rings. The lowest BCUT2D eigenvalue weighted by atomic mass is 10.0. The van der Waals surface area contributed by atoms with E-state index in [1.54, 1.807) is 37.8 Å². The minimum absolute atomic E-state index is 0.0765. The number of hydrogen-bond donors (Lipinski definition) is 3. The molecule has 0 aliphatic carbocycles. The van der Waals surface area contributed by atoms with E-state index in [1.165, 1.54) is 12.1 Å². The molecule has 0 radical (unpaired) electrons. The number of anilines is 1. The van der Waals surface area contributed by atoms with Crippen molar-refractivity contribution in [1.29, 1.82) is 0 Å². The van der Waals surface area contributed by atoms with Gasteiger partial charge in [0, 0.05) is 41.6 Å². The maximum Gasteiger partial charge on any atom is 0.224 e. The van der Waals surface area contributed by atoms with Crippen molar-refractivity contribution in [3.8, 4) is 33.8 Å². The number of aromatic amines is 2. The molecule has 0 atom stereocenters. The number of amides is 1. The Kier molecular flexibility index (Phi) is 6.99. The summed E-state index contributed by atoms with van der Waals surface area (Å²) in [5.41, 5.74) is 6.65. The number of benzene rings is 2. The van der Waals surface area contributed by atoms with E-state index in [1.807, 2.05) is 24.3 Å². The molecular formula is C30H26FN7O3S. The molecule has 42 heavy (non-hydrogen) atoms. The van der Waals surface area contributed by atoms with Crippen molar-refractivity contribution in [1.82, 2.24) is 30.1 Å². The standard InChI is InChI=1S/C30H26FN7O3S/c1-3-27(39)34-22-11-20(13-32-14-22)18-4-5-25-23(12-18)29(38-37-25)30-35-26-16-33-15-24(28(26)36-30)19-8-17(9-21(31)10-19)6-7-42(2,40)41/h4-5,8-16H,3,6-7H2,1-2H3,(H,34,39)(H,35,36)(H,37,38). The lowest BCUT2D eigenvalue weighted by Gasteiger charge is -2.07. The molecule has 0 unspecified atom stereocenters. The van der Waals surface area contributed by atoms with Gasteiger partial charge >= 0.3 is 0 Å². The average molecular weight is 584 g/mol. The van der Waals surface area contributed by atoms with E-state index in [-0.39, 0.29) is 18.1 Å². The Morgan fingerprint density at radius 1 is 0.952 bits per heavy atom. The highest BCUT2D eigenvalue weighted by Crippen LogP contribution is 2.33. The van der Waals surface area contributed by atoms with Gasteiger partial charge in [-0.05, 0) is 53.4 Å². The molecular weight excluding hydrogens is 557 g/mol. The van der Waals surface area contributed by atoms with Gasteiger partial charge in [-0.25, -0.2) is 17.8 Å². The van der Waals surface area contributed by atoms with Gasteiger partial charge in [-0.3, -0.25) is 19.9 Å². The second-order valence-corrected chi connectivity index (χ2v) is 12.4. The largest absolute Gasteiger partial charge is 0.335 e. The quantitative estimate of drug-likeness (QED) is 0.220. The number of imidazole rings is 1. The van der Waals surface area contributed by atoms with Gasteiger partial charge in [0.15, 0.2) is 5.82 Å². The summed E-state index contributed by atoms with van der Waals surface area (Å²) in [6.07, 6.45) is 8.31. The van der Waals surface area contributed by atoms with Gasteiger partial charge in [-0.1, -0.05) is 19.1 Å². The van der Waals surface area contributed by atoms with Crippen molar-refractivity contribution in [3.05, 3.63) is 78.6 Å². The zero-order valence-electron chi connectivity index (χ0n) is 22.8. The Balaban J connectivity index is 1.39. The normalized spacial score (nSPS) is 11.8. The Labute approximate surface area is 240 Å². The van der Waals surface area contributed by atoms with Gasteiger partial charge in [0.1, 0.15) is 21.3 Å². The van der Waals surface area contributed by atoms with Crippen LogP contribution in [-0.4, -0.2) is 56.5 Å². The number of H-pyrrole nitrogens is 2. The minimum Gasteiger partial charge on any atom is -0.335 e. The van der Waals surface area contributed by atoms with E-state index in [0.29, 0.717) is 51.4 Å². The number of aromatic nitrogens is 6. The number of carbonyl (C=O) groups excluding carboxylic acids is 1. The highest BCUT2D eigenvalue weighted by atomic mass is 32.2. The van der Waals surface area contributed by atoms with Gasteiger partial charge < -0.3 is 10.3 Å². The number of sulfone groups is 1. The van der Waals surface area contributed by atoms with E-state index in [9.17, 15) is 17.6 Å². The number of halogens is 1. The Bertz CT molecular complexity index is 2090. The molecule has 0 spiro atoms. The summed E-state index contributed by atoms with van der Waals surface area (Å²) in [5.74, 6) is -0.142. The minimum atomic E-state index is -3.20. The number of aryl methyl sites for hydroxylation is 1.